The summed E-state index contributed by atoms with van der Waals surface area (Å²) in [4.78, 5) is 6.66. The summed E-state index contributed by atoms with van der Waals surface area (Å²) in [6.45, 7) is 5.20. The molecule has 0 atom stereocenters. The lowest BCUT2D eigenvalue weighted by Crippen LogP contribution is -2.40. The molecule has 160 valence electrons. The zero-order chi connectivity index (χ0) is 19.7. The van der Waals surface area contributed by atoms with Crippen molar-refractivity contribution in [1.82, 2.24) is 15.5 Å². The maximum absolute atomic E-state index is 13.8. The summed E-state index contributed by atoms with van der Waals surface area (Å²) in [6, 6.07) is 6.81. The van der Waals surface area contributed by atoms with Gasteiger partial charge >= 0.3 is 6.18 Å². The molecule has 0 amide bonds. The lowest BCUT2D eigenvalue weighted by molar-refractivity contribution is -0.132. The lowest BCUT2D eigenvalue weighted by Gasteiger charge is -2.31. The summed E-state index contributed by atoms with van der Waals surface area (Å²) in [5.41, 5.74) is 0.706. The van der Waals surface area contributed by atoms with Gasteiger partial charge in [-0.3, -0.25) is 9.89 Å². The predicted octanol–water partition coefficient (Wildman–Crippen LogP) is 4.16. The minimum Gasteiger partial charge on any atom is -0.357 e. The van der Waals surface area contributed by atoms with E-state index in [1.54, 1.807) is 12.1 Å². The highest BCUT2D eigenvalue weighted by molar-refractivity contribution is 14.0. The monoisotopic (exact) mass is 516 g/mol. The highest BCUT2D eigenvalue weighted by Gasteiger charge is 2.26. The summed E-state index contributed by atoms with van der Waals surface area (Å²) >= 11 is 0. The first-order chi connectivity index (χ1) is 12.9. The first-order valence-corrected chi connectivity index (χ1v) is 9.42. The number of aliphatic imine (C=N–C) groups is 1. The summed E-state index contributed by atoms with van der Waals surface area (Å²) in [5.74, 6) is 0.639. The molecule has 1 aliphatic rings. The molecule has 0 aromatic heterocycles. The quantitative estimate of drug-likeness (QED) is 0.248. The molecule has 0 radical (unpaired) electrons. The Balaban J connectivity index is 0.00000392. The van der Waals surface area contributed by atoms with Gasteiger partial charge in [-0.15, -0.1) is 24.0 Å². The van der Waals surface area contributed by atoms with Crippen molar-refractivity contribution < 1.29 is 17.6 Å². The van der Waals surface area contributed by atoms with Crippen molar-refractivity contribution in [3.63, 3.8) is 0 Å². The van der Waals surface area contributed by atoms with Crippen molar-refractivity contribution in [2.24, 2.45) is 10.9 Å². The molecule has 0 saturated carbocycles. The normalized spacial score (nSPS) is 16.5. The molecular formula is C19H29F4IN4. The Labute approximate surface area is 181 Å². The number of halogens is 5. The Morgan fingerprint density at radius 1 is 1.18 bits per heavy atom. The van der Waals surface area contributed by atoms with E-state index >= 15 is 0 Å². The Morgan fingerprint density at radius 2 is 1.86 bits per heavy atom. The summed E-state index contributed by atoms with van der Waals surface area (Å²) in [6.07, 6.45) is -3.17. The zero-order valence-electron chi connectivity index (χ0n) is 16.1. The highest BCUT2D eigenvalue weighted by Crippen LogP contribution is 2.20. The smallest absolute Gasteiger partial charge is 0.357 e. The second-order valence-corrected chi connectivity index (χ2v) is 6.82. The minimum absolute atomic E-state index is 0. The number of rotatable bonds is 7. The van der Waals surface area contributed by atoms with Crippen LogP contribution in [0.3, 0.4) is 0 Å². The van der Waals surface area contributed by atoms with Gasteiger partial charge in [-0.2, -0.15) is 13.2 Å². The molecular weight excluding hydrogens is 487 g/mol. The van der Waals surface area contributed by atoms with E-state index in [0.717, 1.165) is 25.9 Å². The minimum atomic E-state index is -4.17. The van der Waals surface area contributed by atoms with E-state index in [2.05, 4.69) is 20.5 Å². The fourth-order valence-electron chi connectivity index (χ4n) is 3.08. The summed E-state index contributed by atoms with van der Waals surface area (Å²) < 4.78 is 50.5. The average Bonchev–Trinajstić information content (AvgIpc) is 2.62. The van der Waals surface area contributed by atoms with Crippen LogP contribution in [0.1, 0.15) is 31.7 Å². The maximum atomic E-state index is 13.8. The molecule has 1 aromatic carbocycles. The molecule has 0 bridgehead atoms. The molecule has 2 rings (SSSR count). The standard InChI is InChI=1S/C19H28F4N4.HI/c1-2-24-18(25-10-9-19(21,22)23)26-13-15-7-11-27(12-8-15)14-16-5-3-4-6-17(16)20;/h3-6,15H,2,7-14H2,1H3,(H2,24,25,26);1H. The number of guanidine groups is 1. The van der Waals surface area contributed by atoms with Crippen molar-refractivity contribution in [1.29, 1.82) is 0 Å². The Hall–Kier alpha value is -1.10. The van der Waals surface area contributed by atoms with Crippen molar-refractivity contribution in [2.75, 3.05) is 32.7 Å². The van der Waals surface area contributed by atoms with Crippen LogP contribution in [-0.4, -0.2) is 49.8 Å². The average molecular weight is 516 g/mol. The van der Waals surface area contributed by atoms with Crippen LogP contribution in [0.2, 0.25) is 0 Å². The third-order valence-corrected chi connectivity index (χ3v) is 4.61. The summed E-state index contributed by atoms with van der Waals surface area (Å²) in [7, 11) is 0. The van der Waals surface area contributed by atoms with Crippen LogP contribution in [0.4, 0.5) is 17.6 Å². The van der Waals surface area contributed by atoms with Gasteiger partial charge in [-0.25, -0.2) is 4.39 Å². The van der Waals surface area contributed by atoms with Crippen molar-refractivity contribution in [3.8, 4) is 0 Å². The van der Waals surface area contributed by atoms with Crippen LogP contribution < -0.4 is 10.6 Å². The largest absolute Gasteiger partial charge is 0.390 e. The third kappa shape index (κ3) is 9.40. The van der Waals surface area contributed by atoms with Gasteiger partial charge in [0.15, 0.2) is 5.96 Å². The fourth-order valence-corrected chi connectivity index (χ4v) is 3.08. The van der Waals surface area contributed by atoms with E-state index in [4.69, 9.17) is 0 Å². The summed E-state index contributed by atoms with van der Waals surface area (Å²) in [5, 5.41) is 5.71. The first-order valence-electron chi connectivity index (χ1n) is 9.42. The van der Waals surface area contributed by atoms with Gasteiger partial charge in [-0.1, -0.05) is 18.2 Å². The number of hydrogen-bond donors (Lipinski definition) is 2. The fraction of sp³-hybridized carbons (Fsp3) is 0.632. The van der Waals surface area contributed by atoms with Gasteiger partial charge in [0.1, 0.15) is 5.82 Å². The maximum Gasteiger partial charge on any atom is 0.390 e. The molecule has 1 heterocycles. The molecule has 1 aromatic rings. The second kappa shape index (κ2) is 12.5. The number of hydrogen-bond acceptors (Lipinski definition) is 2. The predicted molar refractivity (Wildman–Crippen MR) is 114 cm³/mol. The van der Waals surface area contributed by atoms with Crippen molar-refractivity contribution in [2.45, 2.75) is 38.9 Å². The number of nitrogens with one attached hydrogen (secondary N) is 2. The molecule has 2 N–H and O–H groups in total. The number of benzene rings is 1. The van der Waals surface area contributed by atoms with Gasteiger partial charge in [-0.05, 0) is 44.8 Å². The van der Waals surface area contributed by atoms with Gasteiger partial charge in [0.2, 0.25) is 0 Å². The zero-order valence-corrected chi connectivity index (χ0v) is 18.4. The van der Waals surface area contributed by atoms with Crippen LogP contribution in [0.15, 0.2) is 29.3 Å². The first kappa shape index (κ1) is 24.9. The Kier molecular flexibility index (Phi) is 11.1. The number of piperidine rings is 1. The van der Waals surface area contributed by atoms with E-state index in [1.807, 2.05) is 13.0 Å². The van der Waals surface area contributed by atoms with Gasteiger partial charge in [0.05, 0.1) is 6.42 Å². The van der Waals surface area contributed by atoms with Crippen LogP contribution in [0, 0.1) is 11.7 Å². The van der Waals surface area contributed by atoms with Crippen LogP contribution in [0.25, 0.3) is 0 Å². The molecule has 0 unspecified atom stereocenters. The van der Waals surface area contributed by atoms with E-state index < -0.39 is 12.6 Å². The van der Waals surface area contributed by atoms with E-state index in [9.17, 15) is 17.6 Å². The Morgan fingerprint density at radius 3 is 2.46 bits per heavy atom. The van der Waals surface area contributed by atoms with Crippen LogP contribution >= 0.6 is 24.0 Å². The van der Waals surface area contributed by atoms with E-state index in [-0.39, 0.29) is 36.3 Å². The topological polar surface area (TPSA) is 39.7 Å². The van der Waals surface area contributed by atoms with E-state index in [1.165, 1.54) is 6.07 Å². The molecule has 0 aliphatic carbocycles. The second-order valence-electron chi connectivity index (χ2n) is 6.82. The lowest BCUT2D eigenvalue weighted by atomic mass is 9.96. The number of alkyl halides is 3. The van der Waals surface area contributed by atoms with Gasteiger partial charge in [0.25, 0.3) is 0 Å². The molecule has 4 nitrogen and oxygen atoms in total. The van der Waals surface area contributed by atoms with Crippen LogP contribution in [0.5, 0.6) is 0 Å². The third-order valence-electron chi connectivity index (χ3n) is 4.61. The molecule has 0 spiro atoms. The highest BCUT2D eigenvalue weighted by atomic mass is 127. The molecule has 1 saturated heterocycles. The van der Waals surface area contributed by atoms with Gasteiger partial charge in [0, 0.05) is 31.7 Å². The Bertz CT molecular complexity index is 602. The molecule has 1 aliphatic heterocycles. The SMILES string of the molecule is CCNC(=NCC1CCN(Cc2ccccc2F)CC1)NCCC(F)(F)F.I. The number of likely N-dealkylation sites (tertiary alicyclic amines) is 1. The van der Waals surface area contributed by atoms with E-state index in [0.29, 0.717) is 37.1 Å². The van der Waals surface area contributed by atoms with Crippen LogP contribution in [-0.2, 0) is 6.54 Å². The van der Waals surface area contributed by atoms with Crippen molar-refractivity contribution in [3.05, 3.63) is 35.6 Å². The molecule has 9 heteroatoms. The van der Waals surface area contributed by atoms with Crippen molar-refractivity contribution >= 4 is 29.9 Å². The number of nitrogens with zero attached hydrogens (tertiary/aromatic N) is 2. The van der Waals surface area contributed by atoms with Gasteiger partial charge < -0.3 is 10.6 Å². The molecule has 1 fully saturated rings. The molecule has 28 heavy (non-hydrogen) atoms.